The van der Waals surface area contributed by atoms with Crippen molar-refractivity contribution in [2.24, 2.45) is 5.73 Å². The van der Waals surface area contributed by atoms with Gasteiger partial charge in [0.25, 0.3) is 6.33 Å². The quantitative estimate of drug-likeness (QED) is 0.110. The van der Waals surface area contributed by atoms with Gasteiger partial charge in [-0.15, -0.1) is 16.0 Å². The van der Waals surface area contributed by atoms with E-state index in [1.807, 2.05) is 0 Å². The van der Waals surface area contributed by atoms with Gasteiger partial charge in [0.1, 0.15) is 29.5 Å². The van der Waals surface area contributed by atoms with Gasteiger partial charge in [0.15, 0.2) is 0 Å². The first-order chi connectivity index (χ1) is 22.0. The molecule has 3 aromatic carbocycles. The number of nitriles is 1. The fourth-order valence-corrected chi connectivity index (χ4v) is 5.91. The van der Waals surface area contributed by atoms with Crippen molar-refractivity contribution in [3.63, 3.8) is 0 Å². The maximum absolute atomic E-state index is 15.2. The summed E-state index contributed by atoms with van der Waals surface area (Å²) in [7, 11) is 0. The third-order valence-electron chi connectivity index (χ3n) is 7.41. The average Bonchev–Trinajstić information content (AvgIpc) is 3.71. The first-order valence-electron chi connectivity index (χ1n) is 13.8. The minimum Gasteiger partial charge on any atom is -0.478 e. The lowest BCUT2D eigenvalue weighted by molar-refractivity contribution is -0.689. The highest BCUT2D eigenvalue weighted by Crippen LogP contribution is 2.41. The monoisotopic (exact) mass is 645 g/mol. The second kappa shape index (κ2) is 13.3. The molecule has 234 valence electrons. The molecule has 0 aliphatic rings. The molecule has 0 amide bonds. The molecule has 0 saturated carbocycles. The number of aliphatic hydroxyl groups is 1. The SMILES string of the molecule is C[C@@H](c1nc(-c2ccc(C#N)cc2)cs1)[C@](O)(Cn1c[n+](Cc2ccc(OC(=O)CN)cc2C(=O)O)cn1)c1ccc(F)cc1F. The summed E-state index contributed by atoms with van der Waals surface area (Å²) >= 11 is 1.26. The number of thiazole rings is 1. The van der Waals surface area contributed by atoms with Crippen molar-refractivity contribution in [2.75, 3.05) is 6.54 Å². The van der Waals surface area contributed by atoms with Crippen LogP contribution < -0.4 is 15.0 Å². The Hall–Kier alpha value is -5.36. The van der Waals surface area contributed by atoms with Gasteiger partial charge >= 0.3 is 11.9 Å². The lowest BCUT2D eigenvalue weighted by Gasteiger charge is -2.32. The van der Waals surface area contributed by atoms with Gasteiger partial charge in [-0.05, 0) is 30.3 Å². The highest BCUT2D eigenvalue weighted by atomic mass is 32.1. The number of esters is 1. The second-order valence-electron chi connectivity index (χ2n) is 10.4. The largest absolute Gasteiger partial charge is 0.478 e. The van der Waals surface area contributed by atoms with Crippen molar-refractivity contribution in [2.45, 2.75) is 31.5 Å². The van der Waals surface area contributed by atoms with Gasteiger partial charge in [-0.1, -0.05) is 31.2 Å². The number of aromatic carboxylic acids is 1. The topological polar surface area (TPSA) is 168 Å². The number of carbonyl (C=O) groups is 2. The summed E-state index contributed by atoms with van der Waals surface area (Å²) in [6, 6.07) is 16.0. The lowest BCUT2D eigenvalue weighted by atomic mass is 9.82. The van der Waals surface area contributed by atoms with E-state index in [0.717, 1.165) is 11.6 Å². The number of aromatic nitrogens is 4. The van der Waals surface area contributed by atoms with Crippen molar-refractivity contribution in [3.05, 3.63) is 118 Å². The van der Waals surface area contributed by atoms with Crippen LogP contribution in [0.1, 0.15) is 44.9 Å². The molecule has 5 aromatic rings. The van der Waals surface area contributed by atoms with Crippen LogP contribution in [0.15, 0.2) is 78.7 Å². The molecule has 0 saturated heterocycles. The zero-order chi connectivity index (χ0) is 33.0. The van der Waals surface area contributed by atoms with E-state index in [1.165, 1.54) is 52.9 Å². The van der Waals surface area contributed by atoms with E-state index in [4.69, 9.17) is 15.7 Å². The van der Waals surface area contributed by atoms with Gasteiger partial charge in [-0.3, -0.25) is 4.79 Å². The Morgan fingerprint density at radius 3 is 2.61 bits per heavy atom. The fraction of sp³-hybridized carbons (Fsp3) is 0.188. The number of benzene rings is 3. The van der Waals surface area contributed by atoms with E-state index in [2.05, 4.69) is 16.2 Å². The van der Waals surface area contributed by atoms with E-state index < -0.39 is 35.1 Å². The average molecular weight is 646 g/mol. The van der Waals surface area contributed by atoms with Crippen molar-refractivity contribution < 1.29 is 37.9 Å². The smallest absolute Gasteiger partial charge is 0.336 e. The van der Waals surface area contributed by atoms with Crippen LogP contribution in [0.3, 0.4) is 0 Å². The molecular formula is C32H27F2N6O5S+. The van der Waals surface area contributed by atoms with Crippen LogP contribution in [0.4, 0.5) is 8.78 Å². The number of carboxylic acids is 1. The summed E-state index contributed by atoms with van der Waals surface area (Å²) in [4.78, 5) is 28.2. The number of nitrogens with zero attached hydrogens (tertiary/aromatic N) is 5. The Morgan fingerprint density at radius 2 is 1.93 bits per heavy atom. The lowest BCUT2D eigenvalue weighted by Crippen LogP contribution is -2.39. The van der Waals surface area contributed by atoms with Crippen molar-refractivity contribution in [1.82, 2.24) is 14.8 Å². The molecule has 2 aromatic heterocycles. The molecule has 0 radical (unpaired) electrons. The van der Waals surface area contributed by atoms with E-state index in [0.29, 0.717) is 27.9 Å². The fourth-order valence-electron chi connectivity index (χ4n) is 4.93. The predicted molar refractivity (Wildman–Crippen MR) is 161 cm³/mol. The van der Waals surface area contributed by atoms with E-state index in [9.17, 15) is 24.2 Å². The molecule has 4 N–H and O–H groups in total. The standard InChI is InChI=1S/C32H26F2N6O5S/c1-19(30-38-28(15-46-30)21-4-2-20(12-35)3-5-21)32(44,26-9-7-23(33)10-27(26)34)16-40-18-39(17-37-40)14-22-6-8-24(45-29(41)13-36)11-25(22)31(42)43/h2-11,15,17-19,44H,13-14,16,36H2,1H3/p+1/t19-,32+/m0/s1. The molecular weight excluding hydrogens is 618 g/mol. The molecule has 5 rings (SSSR count). The molecule has 46 heavy (non-hydrogen) atoms. The summed E-state index contributed by atoms with van der Waals surface area (Å²) in [6.07, 6.45) is 2.92. The predicted octanol–water partition coefficient (Wildman–Crippen LogP) is 3.75. The highest BCUT2D eigenvalue weighted by Gasteiger charge is 2.43. The number of rotatable bonds is 11. The first-order valence-corrected chi connectivity index (χ1v) is 14.7. The summed E-state index contributed by atoms with van der Waals surface area (Å²) in [5, 5.41) is 37.6. The normalized spacial score (nSPS) is 13.0. The number of ether oxygens (including phenoxy) is 1. The molecule has 0 bridgehead atoms. The van der Waals surface area contributed by atoms with Gasteiger partial charge in [0.2, 0.25) is 6.33 Å². The third-order valence-corrected chi connectivity index (χ3v) is 8.44. The zero-order valence-corrected chi connectivity index (χ0v) is 25.1. The van der Waals surface area contributed by atoms with Crippen LogP contribution in [-0.4, -0.2) is 43.5 Å². The summed E-state index contributed by atoms with van der Waals surface area (Å²) < 4.78 is 37.1. The molecule has 0 aliphatic carbocycles. The van der Waals surface area contributed by atoms with Crippen LogP contribution in [-0.2, 0) is 23.5 Å². The Labute approximate surface area is 265 Å². The van der Waals surface area contributed by atoms with Crippen molar-refractivity contribution in [3.8, 4) is 23.1 Å². The molecule has 2 atom stereocenters. The van der Waals surface area contributed by atoms with E-state index >= 15 is 4.39 Å². The van der Waals surface area contributed by atoms with Gasteiger partial charge in [-0.25, -0.2) is 23.1 Å². The van der Waals surface area contributed by atoms with Gasteiger partial charge in [-0.2, -0.15) is 5.26 Å². The Morgan fingerprint density at radius 1 is 1.17 bits per heavy atom. The number of carbonyl (C=O) groups excluding carboxylic acids is 1. The van der Waals surface area contributed by atoms with Gasteiger partial charge < -0.3 is 20.7 Å². The van der Waals surface area contributed by atoms with E-state index in [-0.39, 0.29) is 36.5 Å². The Kier molecular flexibility index (Phi) is 9.28. The summed E-state index contributed by atoms with van der Waals surface area (Å²) in [5.74, 6) is -4.48. The number of hydrogen-bond donors (Lipinski definition) is 3. The summed E-state index contributed by atoms with van der Waals surface area (Å²) in [5.41, 5.74) is 5.27. The van der Waals surface area contributed by atoms with Gasteiger partial charge in [0.05, 0.1) is 41.0 Å². The maximum Gasteiger partial charge on any atom is 0.336 e. The molecule has 11 nitrogen and oxygen atoms in total. The number of hydrogen-bond acceptors (Lipinski definition) is 9. The minimum atomic E-state index is -1.96. The van der Waals surface area contributed by atoms with Crippen molar-refractivity contribution >= 4 is 23.3 Å². The minimum absolute atomic E-state index is 0.0298. The van der Waals surface area contributed by atoms with Crippen LogP contribution in [0, 0.1) is 23.0 Å². The van der Waals surface area contributed by atoms with Crippen LogP contribution in [0.2, 0.25) is 0 Å². The molecule has 0 unspecified atom stereocenters. The zero-order valence-electron chi connectivity index (χ0n) is 24.3. The van der Waals surface area contributed by atoms with Crippen LogP contribution in [0.5, 0.6) is 5.75 Å². The number of nitrogens with two attached hydrogens (primary N) is 1. The Balaban J connectivity index is 1.44. The van der Waals surface area contributed by atoms with Crippen LogP contribution in [0.25, 0.3) is 11.3 Å². The van der Waals surface area contributed by atoms with Crippen molar-refractivity contribution in [1.29, 1.82) is 5.26 Å². The van der Waals surface area contributed by atoms with E-state index in [1.54, 1.807) is 41.1 Å². The maximum atomic E-state index is 15.2. The Bertz CT molecular complexity index is 1960. The van der Waals surface area contributed by atoms with Gasteiger partial charge in [0, 0.05) is 39.2 Å². The highest BCUT2D eigenvalue weighted by molar-refractivity contribution is 7.10. The number of halogens is 2. The molecule has 0 aliphatic heterocycles. The van der Waals surface area contributed by atoms with Crippen LogP contribution >= 0.6 is 11.3 Å². The molecule has 14 heteroatoms. The number of carboxylic acid groups (broad SMARTS) is 1. The summed E-state index contributed by atoms with van der Waals surface area (Å²) in [6.45, 7) is 1.09. The molecule has 2 heterocycles. The third kappa shape index (κ3) is 6.81. The molecule has 0 fully saturated rings. The first kappa shape index (κ1) is 32.0. The second-order valence-corrected chi connectivity index (χ2v) is 11.3. The molecule has 0 spiro atoms.